The van der Waals surface area contributed by atoms with Gasteiger partial charge >= 0.3 is 0 Å². The molecule has 4 N–H and O–H groups in total. The lowest BCUT2D eigenvalue weighted by molar-refractivity contribution is -0.121. The minimum Gasteiger partial charge on any atom is -0.507 e. The first-order valence-electron chi connectivity index (χ1n) is 14.8. The molecule has 0 fully saturated rings. The predicted molar refractivity (Wildman–Crippen MR) is 167 cm³/mol. The van der Waals surface area contributed by atoms with Crippen molar-refractivity contribution in [3.8, 4) is 40.2 Å². The molecule has 6 rings (SSSR count). The van der Waals surface area contributed by atoms with Crippen LogP contribution in [-0.4, -0.2) is 66.0 Å². The third-order valence-electron chi connectivity index (χ3n) is 8.82. The summed E-state index contributed by atoms with van der Waals surface area (Å²) in [5, 5.41) is 34.2. The molecule has 0 radical (unpaired) electrons. The van der Waals surface area contributed by atoms with E-state index in [1.165, 1.54) is 32.4 Å². The van der Waals surface area contributed by atoms with Gasteiger partial charge in [0, 0.05) is 42.9 Å². The number of hydrogen-bond acceptors (Lipinski definition) is 11. The Labute approximate surface area is 274 Å². The summed E-state index contributed by atoms with van der Waals surface area (Å²) >= 11 is 6.57. The van der Waals surface area contributed by atoms with Crippen molar-refractivity contribution in [1.82, 2.24) is 5.32 Å². The molecular formula is C34H32ClNO11. The third kappa shape index (κ3) is 5.32. The van der Waals surface area contributed by atoms with Crippen molar-refractivity contribution < 1.29 is 53.4 Å². The van der Waals surface area contributed by atoms with Crippen LogP contribution >= 0.6 is 11.6 Å². The number of carbonyl (C=O) groups excluding carboxylic acids is 3. The van der Waals surface area contributed by atoms with Crippen LogP contribution in [0.2, 0.25) is 5.02 Å². The second-order valence-electron chi connectivity index (χ2n) is 11.5. The fourth-order valence-corrected chi connectivity index (χ4v) is 6.65. The summed E-state index contributed by atoms with van der Waals surface area (Å²) < 4.78 is 28.1. The van der Waals surface area contributed by atoms with Crippen LogP contribution < -0.4 is 29.0 Å². The number of Topliss-reactive ketones (excluding diaryl/α,β-unsaturated/α-hetero) is 2. The van der Waals surface area contributed by atoms with Crippen molar-refractivity contribution in [2.45, 2.75) is 37.7 Å². The van der Waals surface area contributed by atoms with E-state index in [0.29, 0.717) is 29.0 Å². The van der Waals surface area contributed by atoms with Gasteiger partial charge in [-0.1, -0.05) is 30.7 Å². The molecule has 3 atom stereocenters. The molecule has 1 amide bonds. The number of carbonyl (C=O) groups is 3. The normalized spacial score (nSPS) is 20.2. The standard InChI is InChI=1S/C34H32ClNO11/c1-16-10-22(39)28(32(41)34(16)33(42)29-25(43-2)14-26(44-3)30(35)31(29)47-34)19(18-5-7-23-24(12-18)46-15-45-23)13-27(40)36-9-8-17-4-6-20(37)21(38)11-17/h4-7,11-12,14,16,19,37-38,41H,8-10,13,15H2,1-3H3,(H,36,40). The van der Waals surface area contributed by atoms with E-state index in [9.17, 15) is 29.7 Å². The Morgan fingerprint density at radius 2 is 1.77 bits per heavy atom. The van der Waals surface area contributed by atoms with Gasteiger partial charge in [0.15, 0.2) is 40.3 Å². The number of aliphatic hydroxyl groups is 1. The predicted octanol–water partition coefficient (Wildman–Crippen LogP) is 4.76. The van der Waals surface area contributed by atoms with Crippen LogP contribution in [0.15, 0.2) is 53.8 Å². The molecule has 3 aliphatic rings. The molecule has 47 heavy (non-hydrogen) atoms. The summed E-state index contributed by atoms with van der Waals surface area (Å²) in [5.74, 6) is -3.40. The molecule has 0 bridgehead atoms. The maximum absolute atomic E-state index is 14.3. The molecule has 0 saturated heterocycles. The van der Waals surface area contributed by atoms with Gasteiger partial charge in [0.2, 0.25) is 24.1 Å². The second kappa shape index (κ2) is 12.3. The molecule has 3 unspecified atom stereocenters. The Kier molecular flexibility index (Phi) is 8.31. The van der Waals surface area contributed by atoms with Gasteiger partial charge in [-0.3, -0.25) is 14.4 Å². The number of amides is 1. The van der Waals surface area contributed by atoms with Gasteiger partial charge in [0.05, 0.1) is 14.2 Å². The van der Waals surface area contributed by atoms with Gasteiger partial charge in [0.1, 0.15) is 22.1 Å². The third-order valence-corrected chi connectivity index (χ3v) is 9.18. The number of rotatable bonds is 9. The molecular weight excluding hydrogens is 634 g/mol. The van der Waals surface area contributed by atoms with Gasteiger partial charge in [-0.15, -0.1) is 0 Å². The molecule has 1 aliphatic carbocycles. The number of phenolic OH excluding ortho intramolecular Hbond substituents is 2. The fourth-order valence-electron chi connectivity index (χ4n) is 6.38. The van der Waals surface area contributed by atoms with Crippen molar-refractivity contribution in [1.29, 1.82) is 0 Å². The van der Waals surface area contributed by atoms with E-state index in [1.54, 1.807) is 31.2 Å². The highest BCUT2D eigenvalue weighted by atomic mass is 35.5. The first-order chi connectivity index (χ1) is 22.5. The van der Waals surface area contributed by atoms with Crippen molar-refractivity contribution in [3.63, 3.8) is 0 Å². The van der Waals surface area contributed by atoms with E-state index in [2.05, 4.69) is 5.32 Å². The molecule has 246 valence electrons. The maximum atomic E-state index is 14.3. The summed E-state index contributed by atoms with van der Waals surface area (Å²) in [6.07, 6.45) is -0.118. The van der Waals surface area contributed by atoms with Gasteiger partial charge < -0.3 is 44.3 Å². The van der Waals surface area contributed by atoms with Crippen molar-refractivity contribution in [2.75, 3.05) is 27.6 Å². The van der Waals surface area contributed by atoms with Crippen molar-refractivity contribution in [3.05, 3.63) is 75.5 Å². The van der Waals surface area contributed by atoms with Crippen LogP contribution in [0, 0.1) is 5.92 Å². The molecule has 1 spiro atoms. The van der Waals surface area contributed by atoms with Crippen LogP contribution in [0.4, 0.5) is 0 Å². The summed E-state index contributed by atoms with van der Waals surface area (Å²) in [5.41, 5.74) is -1.03. The number of aliphatic hydroxyl groups excluding tert-OH is 1. The number of phenols is 2. The monoisotopic (exact) mass is 665 g/mol. The molecule has 13 heteroatoms. The molecule has 3 aromatic carbocycles. The van der Waals surface area contributed by atoms with E-state index in [1.807, 2.05) is 0 Å². The Bertz CT molecular complexity index is 1840. The highest BCUT2D eigenvalue weighted by Gasteiger charge is 2.61. The number of fused-ring (bicyclic) bond motifs is 2. The van der Waals surface area contributed by atoms with Crippen LogP contribution in [-0.2, 0) is 16.0 Å². The SMILES string of the molecule is COc1cc(OC)c2c(c1Cl)OC1(C2=O)C(O)=C(C(CC(=O)NCCc2ccc(O)c(O)c2)c2ccc3c(c2)OCO3)C(=O)CC1C. The van der Waals surface area contributed by atoms with Gasteiger partial charge in [-0.05, 0) is 41.8 Å². The van der Waals surface area contributed by atoms with Crippen molar-refractivity contribution >= 4 is 29.1 Å². The summed E-state index contributed by atoms with van der Waals surface area (Å²) in [7, 11) is 2.77. The molecule has 0 aromatic heterocycles. The minimum atomic E-state index is -2.03. The molecule has 2 heterocycles. The molecule has 3 aromatic rings. The maximum Gasteiger partial charge on any atom is 0.231 e. The highest BCUT2D eigenvalue weighted by molar-refractivity contribution is 6.35. The van der Waals surface area contributed by atoms with Gasteiger partial charge in [-0.25, -0.2) is 0 Å². The summed E-state index contributed by atoms with van der Waals surface area (Å²) in [4.78, 5) is 41.5. The van der Waals surface area contributed by atoms with Crippen LogP contribution in [0.25, 0.3) is 0 Å². The number of hydrogen-bond donors (Lipinski definition) is 4. The largest absolute Gasteiger partial charge is 0.507 e. The number of halogens is 1. The molecule has 2 aliphatic heterocycles. The average molecular weight is 666 g/mol. The van der Waals surface area contributed by atoms with E-state index in [4.69, 9.17) is 35.3 Å². The van der Waals surface area contributed by atoms with E-state index >= 15 is 0 Å². The zero-order chi connectivity index (χ0) is 33.6. The molecule has 12 nitrogen and oxygen atoms in total. The summed E-state index contributed by atoms with van der Waals surface area (Å²) in [6, 6.07) is 10.8. The number of ether oxygens (including phenoxy) is 5. The van der Waals surface area contributed by atoms with Crippen LogP contribution in [0.1, 0.15) is 47.2 Å². The Balaban J connectivity index is 1.39. The highest BCUT2D eigenvalue weighted by Crippen LogP contribution is 2.56. The minimum absolute atomic E-state index is 0.000575. The zero-order valence-corrected chi connectivity index (χ0v) is 26.5. The first kappa shape index (κ1) is 31.9. The Hall–Kier alpha value is -5.10. The second-order valence-corrected chi connectivity index (χ2v) is 11.9. The fraction of sp³-hybridized carbons (Fsp3) is 0.324. The number of benzene rings is 3. The lowest BCUT2D eigenvalue weighted by atomic mass is 9.69. The number of ketones is 2. The molecule has 0 saturated carbocycles. The number of aromatic hydroxyl groups is 2. The topological polar surface area (TPSA) is 170 Å². The quantitative estimate of drug-likeness (QED) is 0.232. The van der Waals surface area contributed by atoms with E-state index in [-0.39, 0.29) is 71.1 Å². The lowest BCUT2D eigenvalue weighted by Gasteiger charge is -2.38. The Morgan fingerprint density at radius 1 is 1.02 bits per heavy atom. The summed E-state index contributed by atoms with van der Waals surface area (Å²) in [6.45, 7) is 1.79. The van der Waals surface area contributed by atoms with Crippen LogP contribution in [0.5, 0.6) is 40.2 Å². The van der Waals surface area contributed by atoms with E-state index < -0.39 is 40.7 Å². The number of methoxy groups -OCH3 is 2. The number of allylic oxidation sites excluding steroid dienone is 1. The van der Waals surface area contributed by atoms with E-state index in [0.717, 1.165) is 0 Å². The zero-order valence-electron chi connectivity index (χ0n) is 25.7. The average Bonchev–Trinajstić information content (AvgIpc) is 3.65. The van der Waals surface area contributed by atoms with Crippen LogP contribution in [0.3, 0.4) is 0 Å². The lowest BCUT2D eigenvalue weighted by Crippen LogP contribution is -2.53. The number of nitrogens with one attached hydrogen (secondary N) is 1. The smallest absolute Gasteiger partial charge is 0.231 e. The van der Waals surface area contributed by atoms with Gasteiger partial charge in [-0.2, -0.15) is 0 Å². The Morgan fingerprint density at radius 3 is 2.49 bits per heavy atom. The van der Waals surface area contributed by atoms with Gasteiger partial charge in [0.25, 0.3) is 0 Å². The first-order valence-corrected chi connectivity index (χ1v) is 15.2. The van der Waals surface area contributed by atoms with Crippen molar-refractivity contribution in [2.24, 2.45) is 5.92 Å².